The lowest BCUT2D eigenvalue weighted by Crippen LogP contribution is -2.60. The number of anilines is 2. The molecule has 4 rings (SSSR count). The molecule has 2 N–H and O–H groups in total. The highest BCUT2D eigenvalue weighted by Gasteiger charge is 2.35. The average Bonchev–Trinajstić information content (AvgIpc) is 2.83. The molecule has 0 aliphatic carbocycles. The largest absolute Gasteiger partial charge is 0.369 e. The third kappa shape index (κ3) is 6.28. The van der Waals surface area contributed by atoms with Crippen molar-refractivity contribution in [2.75, 3.05) is 56.0 Å². The van der Waals surface area contributed by atoms with Crippen LogP contribution in [-0.2, 0) is 14.4 Å². The Labute approximate surface area is 212 Å². The fourth-order valence-electron chi connectivity index (χ4n) is 4.24. The summed E-state index contributed by atoms with van der Waals surface area (Å²) in [6.07, 6.45) is -0.0853. The molecule has 1 atom stereocenters. The second kappa shape index (κ2) is 11.2. The van der Waals surface area contributed by atoms with Crippen molar-refractivity contribution >= 4 is 56.6 Å². The van der Waals surface area contributed by atoms with Crippen LogP contribution in [0.1, 0.15) is 6.42 Å². The molecule has 2 aliphatic heterocycles. The Kier molecular flexibility index (Phi) is 8.07. The maximum absolute atomic E-state index is 13.1. The molecule has 2 saturated heterocycles. The number of halogens is 2. The van der Waals surface area contributed by atoms with Crippen molar-refractivity contribution < 1.29 is 14.4 Å². The third-order valence-corrected chi connectivity index (χ3v) is 6.86. The van der Waals surface area contributed by atoms with E-state index in [0.29, 0.717) is 23.8 Å². The van der Waals surface area contributed by atoms with Crippen LogP contribution in [0.15, 0.2) is 53.0 Å². The molecular weight excluding hydrogens is 522 g/mol. The van der Waals surface area contributed by atoms with E-state index in [0.717, 1.165) is 36.3 Å². The zero-order chi connectivity index (χ0) is 24.1. The van der Waals surface area contributed by atoms with Crippen molar-refractivity contribution in [3.05, 3.63) is 58.0 Å². The van der Waals surface area contributed by atoms with Crippen LogP contribution in [0.2, 0.25) is 5.02 Å². The van der Waals surface area contributed by atoms with Gasteiger partial charge in [0.05, 0.1) is 13.0 Å². The van der Waals surface area contributed by atoms with E-state index in [4.69, 9.17) is 11.6 Å². The van der Waals surface area contributed by atoms with Crippen molar-refractivity contribution in [1.82, 2.24) is 15.1 Å². The number of amides is 3. The molecule has 3 amide bonds. The molecule has 2 aliphatic rings. The topological polar surface area (TPSA) is 85.0 Å². The lowest BCUT2D eigenvalue weighted by Gasteiger charge is -2.39. The van der Waals surface area contributed by atoms with Crippen molar-refractivity contribution in [3.63, 3.8) is 0 Å². The highest BCUT2D eigenvalue weighted by Crippen LogP contribution is 2.20. The zero-order valence-corrected chi connectivity index (χ0v) is 21.0. The molecule has 0 spiro atoms. The van der Waals surface area contributed by atoms with Crippen LogP contribution in [0, 0.1) is 0 Å². The number of hydrogen-bond acceptors (Lipinski definition) is 5. The minimum atomic E-state index is -0.813. The molecule has 8 nitrogen and oxygen atoms in total. The molecule has 0 aromatic heterocycles. The standard InChI is InChI=1S/C24H27BrClN5O3/c25-17-1-5-19(6-2-17)28-22(32)15-21-24(34)27-9-10-31(21)23(33)16-29-11-13-30(14-12-29)20-7-3-18(26)4-8-20/h1-8,21H,9-16H2,(H,27,34)(H,28,32)/t21-/m0/s1. The summed E-state index contributed by atoms with van der Waals surface area (Å²) in [5.41, 5.74) is 1.75. The zero-order valence-electron chi connectivity index (χ0n) is 18.7. The molecule has 180 valence electrons. The number of rotatable bonds is 6. The summed E-state index contributed by atoms with van der Waals surface area (Å²) >= 11 is 9.34. The van der Waals surface area contributed by atoms with Gasteiger partial charge >= 0.3 is 0 Å². The summed E-state index contributed by atoms with van der Waals surface area (Å²) in [5, 5.41) is 6.28. The quantitative estimate of drug-likeness (QED) is 0.580. The molecule has 0 unspecified atom stereocenters. The van der Waals surface area contributed by atoms with Crippen LogP contribution in [0.4, 0.5) is 11.4 Å². The van der Waals surface area contributed by atoms with Gasteiger partial charge in [-0.15, -0.1) is 0 Å². The molecule has 34 heavy (non-hydrogen) atoms. The normalized spacial score (nSPS) is 19.0. The Morgan fingerprint density at radius 3 is 2.35 bits per heavy atom. The van der Waals surface area contributed by atoms with Gasteiger partial charge in [0, 0.05) is 60.1 Å². The lowest BCUT2D eigenvalue weighted by molar-refractivity contribution is -0.145. The Morgan fingerprint density at radius 2 is 1.68 bits per heavy atom. The SMILES string of the molecule is O=C(C[C@H]1C(=O)NCCN1C(=O)CN1CCN(c2ccc(Cl)cc2)CC1)Nc1ccc(Br)cc1. The first kappa shape index (κ1) is 24.5. The molecule has 0 saturated carbocycles. The van der Waals surface area contributed by atoms with E-state index < -0.39 is 6.04 Å². The van der Waals surface area contributed by atoms with E-state index >= 15 is 0 Å². The number of hydrogen-bond donors (Lipinski definition) is 2. The highest BCUT2D eigenvalue weighted by molar-refractivity contribution is 9.10. The second-order valence-corrected chi connectivity index (χ2v) is 9.74. The molecular formula is C24H27BrClN5O3. The highest BCUT2D eigenvalue weighted by atomic mass is 79.9. The van der Waals surface area contributed by atoms with Crippen LogP contribution in [0.25, 0.3) is 0 Å². The van der Waals surface area contributed by atoms with E-state index in [9.17, 15) is 14.4 Å². The minimum absolute atomic E-state index is 0.0853. The van der Waals surface area contributed by atoms with Gasteiger partial charge in [-0.3, -0.25) is 19.3 Å². The van der Waals surface area contributed by atoms with Gasteiger partial charge in [0.15, 0.2) is 0 Å². The first-order chi connectivity index (χ1) is 16.4. The van der Waals surface area contributed by atoms with Crippen molar-refractivity contribution in [1.29, 1.82) is 0 Å². The molecule has 0 bridgehead atoms. The molecule has 10 heteroatoms. The third-order valence-electron chi connectivity index (χ3n) is 6.08. The first-order valence-corrected chi connectivity index (χ1v) is 12.4. The molecule has 2 fully saturated rings. The summed E-state index contributed by atoms with van der Waals surface area (Å²) in [6, 6.07) is 14.1. The predicted octanol–water partition coefficient (Wildman–Crippen LogP) is 2.58. The van der Waals surface area contributed by atoms with Crippen molar-refractivity contribution in [2.45, 2.75) is 12.5 Å². The van der Waals surface area contributed by atoms with Gasteiger partial charge in [-0.1, -0.05) is 27.5 Å². The van der Waals surface area contributed by atoms with E-state index in [-0.39, 0.29) is 30.7 Å². The number of carbonyl (C=O) groups excluding carboxylic acids is 3. The van der Waals surface area contributed by atoms with Gasteiger partial charge in [-0.2, -0.15) is 0 Å². The fourth-order valence-corrected chi connectivity index (χ4v) is 4.63. The van der Waals surface area contributed by atoms with Gasteiger partial charge in [0.2, 0.25) is 17.7 Å². The van der Waals surface area contributed by atoms with Crippen LogP contribution < -0.4 is 15.5 Å². The summed E-state index contributed by atoms with van der Waals surface area (Å²) < 4.78 is 0.905. The van der Waals surface area contributed by atoms with Crippen LogP contribution in [0.5, 0.6) is 0 Å². The number of nitrogens with zero attached hydrogens (tertiary/aromatic N) is 3. The smallest absolute Gasteiger partial charge is 0.243 e. The van der Waals surface area contributed by atoms with E-state index in [1.807, 2.05) is 36.4 Å². The maximum atomic E-state index is 13.1. The summed E-state index contributed by atoms with van der Waals surface area (Å²) in [5.74, 6) is -0.729. The summed E-state index contributed by atoms with van der Waals surface area (Å²) in [7, 11) is 0. The van der Waals surface area contributed by atoms with Gasteiger partial charge in [0.25, 0.3) is 0 Å². The maximum Gasteiger partial charge on any atom is 0.243 e. The predicted molar refractivity (Wildman–Crippen MR) is 136 cm³/mol. The van der Waals surface area contributed by atoms with Crippen molar-refractivity contribution in [2.24, 2.45) is 0 Å². The summed E-state index contributed by atoms with van der Waals surface area (Å²) in [4.78, 5) is 44.2. The van der Waals surface area contributed by atoms with Gasteiger partial charge < -0.3 is 20.4 Å². The van der Waals surface area contributed by atoms with Crippen LogP contribution in [0.3, 0.4) is 0 Å². The first-order valence-electron chi connectivity index (χ1n) is 11.2. The van der Waals surface area contributed by atoms with Crippen LogP contribution in [-0.4, -0.2) is 79.4 Å². The van der Waals surface area contributed by atoms with Gasteiger partial charge in [-0.25, -0.2) is 0 Å². The molecule has 2 aromatic carbocycles. The minimum Gasteiger partial charge on any atom is -0.369 e. The number of piperazine rings is 2. The number of carbonyl (C=O) groups is 3. The monoisotopic (exact) mass is 547 g/mol. The van der Waals surface area contributed by atoms with E-state index in [1.54, 1.807) is 17.0 Å². The van der Waals surface area contributed by atoms with E-state index in [1.165, 1.54) is 0 Å². The Bertz CT molecular complexity index is 1030. The number of nitrogens with one attached hydrogen (secondary N) is 2. The lowest BCUT2D eigenvalue weighted by atomic mass is 10.1. The Balaban J connectivity index is 1.31. The van der Waals surface area contributed by atoms with Crippen molar-refractivity contribution in [3.8, 4) is 0 Å². The summed E-state index contributed by atoms with van der Waals surface area (Å²) in [6.45, 7) is 4.09. The molecule has 2 aromatic rings. The fraction of sp³-hybridized carbons (Fsp3) is 0.375. The van der Waals surface area contributed by atoms with E-state index in [2.05, 4.69) is 36.4 Å². The number of benzene rings is 2. The second-order valence-electron chi connectivity index (χ2n) is 8.39. The molecule has 2 heterocycles. The van der Waals surface area contributed by atoms with Gasteiger partial charge in [0.1, 0.15) is 6.04 Å². The van der Waals surface area contributed by atoms with Crippen LogP contribution >= 0.6 is 27.5 Å². The van der Waals surface area contributed by atoms with Gasteiger partial charge in [-0.05, 0) is 48.5 Å². The average molecular weight is 549 g/mol. The Morgan fingerprint density at radius 1 is 1.00 bits per heavy atom. The molecule has 0 radical (unpaired) electrons. The Hall–Kier alpha value is -2.62.